The van der Waals surface area contributed by atoms with E-state index < -0.39 is 17.9 Å². The first-order valence-corrected chi connectivity index (χ1v) is 5.18. The molecule has 8 nitrogen and oxygen atoms in total. The zero-order chi connectivity index (χ0) is 12.8. The molecule has 94 valence electrons. The van der Waals surface area contributed by atoms with Crippen LogP contribution < -0.4 is 11.1 Å². The Morgan fingerprint density at radius 1 is 1.53 bits per heavy atom. The van der Waals surface area contributed by atoms with Crippen LogP contribution in [0.1, 0.15) is 36.7 Å². The van der Waals surface area contributed by atoms with Gasteiger partial charge in [-0.1, -0.05) is 19.8 Å². The third-order valence-electron chi connectivity index (χ3n) is 2.18. The number of hydrogen-bond acceptors (Lipinski definition) is 6. The lowest BCUT2D eigenvalue weighted by molar-refractivity contribution is -0.139. The molecule has 1 aromatic rings. The molecule has 0 aliphatic rings. The lowest BCUT2D eigenvalue weighted by Crippen LogP contribution is -2.41. The van der Waals surface area contributed by atoms with E-state index in [0.29, 0.717) is 12.8 Å². The summed E-state index contributed by atoms with van der Waals surface area (Å²) in [7, 11) is 0. The zero-order valence-electron chi connectivity index (χ0n) is 9.34. The van der Waals surface area contributed by atoms with E-state index in [2.05, 4.69) is 20.3 Å². The monoisotopic (exact) mass is 242 g/mol. The highest BCUT2D eigenvalue weighted by Crippen LogP contribution is 2.06. The Morgan fingerprint density at radius 2 is 2.24 bits per heavy atom. The molecule has 0 saturated carbocycles. The van der Waals surface area contributed by atoms with E-state index in [-0.39, 0.29) is 11.5 Å². The molecule has 1 aromatic heterocycles. The van der Waals surface area contributed by atoms with Crippen molar-refractivity contribution in [1.29, 1.82) is 0 Å². The van der Waals surface area contributed by atoms with Crippen molar-refractivity contribution in [3.63, 3.8) is 0 Å². The lowest BCUT2D eigenvalue weighted by atomic mass is 10.1. The van der Waals surface area contributed by atoms with Gasteiger partial charge in [-0.15, -0.1) is 0 Å². The predicted octanol–water partition coefficient (Wildman–Crippen LogP) is 0.0250. The SMILES string of the molecule is CCCCC(NC(=O)c1nonc1N)C(=O)O. The van der Waals surface area contributed by atoms with Gasteiger partial charge in [-0.2, -0.15) is 0 Å². The maximum atomic E-state index is 11.6. The highest BCUT2D eigenvalue weighted by Gasteiger charge is 2.23. The molecule has 4 N–H and O–H groups in total. The number of aliphatic carboxylic acids is 1. The average Bonchev–Trinajstić information content (AvgIpc) is 2.70. The molecule has 0 aromatic carbocycles. The van der Waals surface area contributed by atoms with E-state index in [1.807, 2.05) is 6.92 Å². The van der Waals surface area contributed by atoms with Crippen LogP contribution in [0, 0.1) is 0 Å². The maximum absolute atomic E-state index is 11.6. The van der Waals surface area contributed by atoms with Crippen LogP contribution in [-0.4, -0.2) is 33.3 Å². The lowest BCUT2D eigenvalue weighted by Gasteiger charge is -2.12. The normalized spacial score (nSPS) is 12.1. The average molecular weight is 242 g/mol. The predicted molar refractivity (Wildman–Crippen MR) is 57.1 cm³/mol. The number of hydrogen-bond donors (Lipinski definition) is 3. The molecule has 17 heavy (non-hydrogen) atoms. The van der Waals surface area contributed by atoms with E-state index in [0.717, 1.165) is 6.42 Å². The minimum atomic E-state index is -1.10. The molecule has 0 saturated heterocycles. The third kappa shape index (κ3) is 3.44. The standard InChI is InChI=1S/C9H14N4O4/c1-2-3-4-5(9(15)16)11-8(14)6-7(10)13-17-12-6/h5H,2-4H2,1H3,(H2,10,13)(H,11,14)(H,15,16). The number of carbonyl (C=O) groups excluding carboxylic acids is 1. The van der Waals surface area contributed by atoms with Gasteiger partial charge in [0.15, 0.2) is 0 Å². The molecule has 1 unspecified atom stereocenters. The van der Waals surface area contributed by atoms with Gasteiger partial charge in [0.05, 0.1) is 0 Å². The van der Waals surface area contributed by atoms with Crippen molar-refractivity contribution in [3.8, 4) is 0 Å². The smallest absolute Gasteiger partial charge is 0.326 e. The van der Waals surface area contributed by atoms with Crippen molar-refractivity contribution in [1.82, 2.24) is 15.6 Å². The molecule has 1 amide bonds. The minimum Gasteiger partial charge on any atom is -0.480 e. The van der Waals surface area contributed by atoms with E-state index >= 15 is 0 Å². The topological polar surface area (TPSA) is 131 Å². The first-order valence-electron chi connectivity index (χ1n) is 5.18. The van der Waals surface area contributed by atoms with Crippen molar-refractivity contribution in [2.75, 3.05) is 5.73 Å². The minimum absolute atomic E-state index is 0.165. The molecule has 0 radical (unpaired) electrons. The fraction of sp³-hybridized carbons (Fsp3) is 0.556. The van der Waals surface area contributed by atoms with Crippen molar-refractivity contribution in [3.05, 3.63) is 5.69 Å². The van der Waals surface area contributed by atoms with Gasteiger partial charge in [0.1, 0.15) is 6.04 Å². The molecule has 1 atom stereocenters. The number of nitrogens with zero attached hydrogens (tertiary/aromatic N) is 2. The van der Waals surface area contributed by atoms with Gasteiger partial charge in [0.25, 0.3) is 5.91 Å². The van der Waals surface area contributed by atoms with Crippen molar-refractivity contribution in [2.45, 2.75) is 32.2 Å². The van der Waals surface area contributed by atoms with Gasteiger partial charge in [0, 0.05) is 0 Å². The van der Waals surface area contributed by atoms with Gasteiger partial charge in [0.2, 0.25) is 11.5 Å². The van der Waals surface area contributed by atoms with E-state index in [1.54, 1.807) is 0 Å². The summed E-state index contributed by atoms with van der Waals surface area (Å²) in [5.74, 6) is -1.96. The number of amides is 1. The molecule has 1 rings (SSSR count). The summed E-state index contributed by atoms with van der Waals surface area (Å²) in [6, 6.07) is -0.960. The van der Waals surface area contributed by atoms with E-state index in [1.165, 1.54) is 0 Å². The number of carboxylic acid groups (broad SMARTS) is 1. The summed E-state index contributed by atoms with van der Waals surface area (Å²) in [4.78, 5) is 22.5. The summed E-state index contributed by atoms with van der Waals surface area (Å²) in [6.07, 6.45) is 1.89. The van der Waals surface area contributed by atoms with Crippen LogP contribution in [0.15, 0.2) is 4.63 Å². The van der Waals surface area contributed by atoms with E-state index in [4.69, 9.17) is 10.8 Å². The molecule has 8 heteroatoms. The summed E-state index contributed by atoms with van der Waals surface area (Å²) in [5.41, 5.74) is 5.12. The number of nitrogens with one attached hydrogen (secondary N) is 1. The Labute approximate surface area is 97.1 Å². The van der Waals surface area contributed by atoms with Crippen LogP contribution in [0.3, 0.4) is 0 Å². The quantitative estimate of drug-likeness (QED) is 0.640. The van der Waals surface area contributed by atoms with Crippen molar-refractivity contribution >= 4 is 17.7 Å². The molecule has 0 bridgehead atoms. The Hall–Kier alpha value is -2.12. The zero-order valence-corrected chi connectivity index (χ0v) is 9.34. The first kappa shape index (κ1) is 12.9. The summed E-state index contributed by atoms with van der Waals surface area (Å²) in [5, 5.41) is 17.8. The van der Waals surface area contributed by atoms with Crippen LogP contribution in [-0.2, 0) is 4.79 Å². The highest BCUT2D eigenvalue weighted by molar-refractivity contribution is 5.98. The molecule has 0 spiro atoms. The van der Waals surface area contributed by atoms with Crippen molar-refractivity contribution in [2.24, 2.45) is 0 Å². The number of anilines is 1. The van der Waals surface area contributed by atoms with Crippen LogP contribution in [0.4, 0.5) is 5.82 Å². The number of aromatic nitrogens is 2. The van der Waals surface area contributed by atoms with Crippen LogP contribution in [0.25, 0.3) is 0 Å². The van der Waals surface area contributed by atoms with Crippen LogP contribution in [0.5, 0.6) is 0 Å². The first-order chi connectivity index (χ1) is 8.06. The fourth-order valence-electron chi connectivity index (χ4n) is 1.25. The van der Waals surface area contributed by atoms with Crippen molar-refractivity contribution < 1.29 is 19.3 Å². The molecule has 0 aliphatic heterocycles. The molecule has 1 heterocycles. The second kappa shape index (κ2) is 5.83. The number of carbonyl (C=O) groups is 2. The summed E-state index contributed by atoms with van der Waals surface area (Å²) in [6.45, 7) is 1.93. The van der Waals surface area contributed by atoms with Gasteiger partial charge >= 0.3 is 5.97 Å². The number of rotatable bonds is 6. The van der Waals surface area contributed by atoms with Gasteiger partial charge < -0.3 is 16.2 Å². The van der Waals surface area contributed by atoms with Gasteiger partial charge in [-0.3, -0.25) is 4.79 Å². The second-order valence-corrected chi connectivity index (χ2v) is 3.50. The van der Waals surface area contributed by atoms with Gasteiger partial charge in [-0.05, 0) is 16.7 Å². The number of nitrogens with two attached hydrogens (primary N) is 1. The Balaban J connectivity index is 2.64. The summed E-state index contributed by atoms with van der Waals surface area (Å²) < 4.78 is 4.26. The number of nitrogen functional groups attached to an aromatic ring is 1. The van der Waals surface area contributed by atoms with E-state index in [9.17, 15) is 9.59 Å². The van der Waals surface area contributed by atoms with Crippen LogP contribution >= 0.6 is 0 Å². The summed E-state index contributed by atoms with van der Waals surface area (Å²) >= 11 is 0. The Bertz CT molecular complexity index is 403. The second-order valence-electron chi connectivity index (χ2n) is 3.50. The third-order valence-corrected chi connectivity index (χ3v) is 2.18. The number of carboxylic acids is 1. The largest absolute Gasteiger partial charge is 0.480 e. The molecule has 0 fully saturated rings. The highest BCUT2D eigenvalue weighted by atomic mass is 16.6. The van der Waals surface area contributed by atoms with Gasteiger partial charge in [-0.25, -0.2) is 9.42 Å². The fourth-order valence-corrected chi connectivity index (χ4v) is 1.25. The van der Waals surface area contributed by atoms with Crippen LogP contribution in [0.2, 0.25) is 0 Å². The Morgan fingerprint density at radius 3 is 2.71 bits per heavy atom. The Kier molecular flexibility index (Phi) is 4.44. The maximum Gasteiger partial charge on any atom is 0.326 e. The molecule has 0 aliphatic carbocycles. The molecular weight excluding hydrogens is 228 g/mol. The number of unbranched alkanes of at least 4 members (excludes halogenated alkanes) is 1. The molecular formula is C9H14N4O4.